The van der Waals surface area contributed by atoms with Gasteiger partial charge in [0.1, 0.15) is 0 Å². The van der Waals surface area contributed by atoms with Gasteiger partial charge in [-0.3, -0.25) is 9.78 Å². The lowest BCUT2D eigenvalue weighted by molar-refractivity contribution is -0.0974. The maximum atomic E-state index is 11.7. The predicted octanol–water partition coefficient (Wildman–Crippen LogP) is 0.739. The minimum absolute atomic E-state index is 0.185. The van der Waals surface area contributed by atoms with Crippen molar-refractivity contribution in [3.05, 3.63) is 29.6 Å². The lowest BCUT2D eigenvalue weighted by Crippen LogP contribution is -2.34. The van der Waals surface area contributed by atoms with Crippen molar-refractivity contribution in [1.29, 1.82) is 0 Å². The van der Waals surface area contributed by atoms with Gasteiger partial charge in [0, 0.05) is 26.6 Å². The van der Waals surface area contributed by atoms with Crippen LogP contribution in [-0.2, 0) is 9.47 Å². The largest absolute Gasteiger partial charge is 0.354 e. The standard InChI is InChI=1S/C11H16N2O3/c1-8-4-9(6-12-5-8)11(14)13-7-10(15-2)16-3/h4-6,10H,7H2,1-3H3,(H,13,14). The molecule has 88 valence electrons. The summed E-state index contributed by atoms with van der Waals surface area (Å²) in [6.07, 6.45) is 2.79. The summed E-state index contributed by atoms with van der Waals surface area (Å²) < 4.78 is 9.91. The smallest absolute Gasteiger partial charge is 0.253 e. The summed E-state index contributed by atoms with van der Waals surface area (Å²) in [5.74, 6) is -0.185. The number of aryl methyl sites for hydroxylation is 1. The molecule has 1 rings (SSSR count). The topological polar surface area (TPSA) is 60.5 Å². The van der Waals surface area contributed by atoms with Crippen molar-refractivity contribution in [2.45, 2.75) is 13.2 Å². The van der Waals surface area contributed by atoms with Crippen LogP contribution in [0.5, 0.6) is 0 Å². The molecule has 0 aliphatic carbocycles. The Morgan fingerprint density at radius 3 is 2.69 bits per heavy atom. The van der Waals surface area contributed by atoms with E-state index in [0.717, 1.165) is 5.56 Å². The molecule has 0 saturated heterocycles. The van der Waals surface area contributed by atoms with Gasteiger partial charge in [-0.25, -0.2) is 0 Å². The number of hydrogen-bond donors (Lipinski definition) is 1. The number of hydrogen-bond acceptors (Lipinski definition) is 4. The molecule has 0 saturated carbocycles. The van der Waals surface area contributed by atoms with Gasteiger partial charge >= 0.3 is 0 Å². The lowest BCUT2D eigenvalue weighted by atomic mass is 10.2. The summed E-state index contributed by atoms with van der Waals surface area (Å²) in [6.45, 7) is 2.19. The average Bonchev–Trinajstić information content (AvgIpc) is 2.30. The van der Waals surface area contributed by atoms with Crippen LogP contribution < -0.4 is 5.32 Å². The SMILES string of the molecule is COC(CNC(=O)c1cncc(C)c1)OC. The van der Waals surface area contributed by atoms with Crippen LogP contribution in [0.25, 0.3) is 0 Å². The number of carbonyl (C=O) groups excluding carboxylic acids is 1. The second-order valence-electron chi connectivity index (χ2n) is 3.36. The molecule has 1 aromatic rings. The zero-order valence-corrected chi connectivity index (χ0v) is 9.69. The van der Waals surface area contributed by atoms with E-state index in [-0.39, 0.29) is 5.91 Å². The number of nitrogens with zero attached hydrogens (tertiary/aromatic N) is 1. The molecule has 0 unspecified atom stereocenters. The van der Waals surface area contributed by atoms with Gasteiger partial charge in [-0.1, -0.05) is 0 Å². The van der Waals surface area contributed by atoms with Gasteiger partial charge < -0.3 is 14.8 Å². The van der Waals surface area contributed by atoms with E-state index in [9.17, 15) is 4.79 Å². The van der Waals surface area contributed by atoms with Crippen LogP contribution in [-0.4, -0.2) is 37.9 Å². The van der Waals surface area contributed by atoms with E-state index in [1.165, 1.54) is 20.4 Å². The fourth-order valence-corrected chi connectivity index (χ4v) is 1.22. The van der Waals surface area contributed by atoms with Crippen molar-refractivity contribution in [3.8, 4) is 0 Å². The molecule has 0 aliphatic heterocycles. The van der Waals surface area contributed by atoms with E-state index in [1.807, 2.05) is 6.92 Å². The van der Waals surface area contributed by atoms with E-state index in [4.69, 9.17) is 9.47 Å². The molecule has 1 N–H and O–H groups in total. The third kappa shape index (κ3) is 3.60. The van der Waals surface area contributed by atoms with Gasteiger partial charge in [0.2, 0.25) is 0 Å². The Bertz CT molecular complexity index is 351. The van der Waals surface area contributed by atoms with Crippen molar-refractivity contribution in [3.63, 3.8) is 0 Å². The van der Waals surface area contributed by atoms with Crippen molar-refractivity contribution in [2.75, 3.05) is 20.8 Å². The molecule has 5 heteroatoms. The second-order valence-corrected chi connectivity index (χ2v) is 3.36. The summed E-state index contributed by atoms with van der Waals surface area (Å²) in [5, 5.41) is 2.70. The Hall–Kier alpha value is -1.46. The van der Waals surface area contributed by atoms with Gasteiger partial charge in [-0.05, 0) is 18.6 Å². The highest BCUT2D eigenvalue weighted by Gasteiger charge is 2.09. The van der Waals surface area contributed by atoms with Crippen LogP contribution in [0.15, 0.2) is 18.5 Å². The van der Waals surface area contributed by atoms with Gasteiger partial charge in [0.05, 0.1) is 12.1 Å². The Morgan fingerprint density at radius 1 is 1.44 bits per heavy atom. The molecule has 0 atom stereocenters. The monoisotopic (exact) mass is 224 g/mol. The molecule has 1 amide bonds. The highest BCUT2D eigenvalue weighted by Crippen LogP contribution is 2.01. The van der Waals surface area contributed by atoms with E-state index in [0.29, 0.717) is 12.1 Å². The number of methoxy groups -OCH3 is 2. The van der Waals surface area contributed by atoms with Crippen LogP contribution in [0.4, 0.5) is 0 Å². The Morgan fingerprint density at radius 2 is 2.12 bits per heavy atom. The van der Waals surface area contributed by atoms with Crippen molar-refractivity contribution in [2.24, 2.45) is 0 Å². The maximum Gasteiger partial charge on any atom is 0.253 e. The first-order chi connectivity index (χ1) is 7.67. The zero-order valence-electron chi connectivity index (χ0n) is 9.69. The first-order valence-corrected chi connectivity index (χ1v) is 4.92. The first kappa shape index (κ1) is 12.6. The summed E-state index contributed by atoms with van der Waals surface area (Å²) >= 11 is 0. The van der Waals surface area contributed by atoms with E-state index >= 15 is 0 Å². The fourth-order valence-electron chi connectivity index (χ4n) is 1.22. The molecule has 1 aromatic heterocycles. The third-order valence-electron chi connectivity index (χ3n) is 2.09. The highest BCUT2D eigenvalue weighted by atomic mass is 16.7. The van der Waals surface area contributed by atoms with Crippen LogP contribution in [0, 0.1) is 6.92 Å². The van der Waals surface area contributed by atoms with Crippen molar-refractivity contribution in [1.82, 2.24) is 10.3 Å². The highest BCUT2D eigenvalue weighted by molar-refractivity contribution is 5.93. The summed E-state index contributed by atoms with van der Waals surface area (Å²) in [5.41, 5.74) is 1.48. The van der Waals surface area contributed by atoms with E-state index in [2.05, 4.69) is 10.3 Å². The molecule has 16 heavy (non-hydrogen) atoms. The number of rotatable bonds is 5. The minimum Gasteiger partial charge on any atom is -0.354 e. The first-order valence-electron chi connectivity index (χ1n) is 4.92. The third-order valence-corrected chi connectivity index (χ3v) is 2.09. The van der Waals surface area contributed by atoms with Gasteiger partial charge in [-0.15, -0.1) is 0 Å². The molecule has 0 bridgehead atoms. The van der Waals surface area contributed by atoms with Crippen LogP contribution >= 0.6 is 0 Å². The molecule has 0 radical (unpaired) electrons. The van der Waals surface area contributed by atoms with E-state index < -0.39 is 6.29 Å². The predicted molar refractivity (Wildman–Crippen MR) is 59.1 cm³/mol. The van der Waals surface area contributed by atoms with Gasteiger partial charge in [0.25, 0.3) is 5.91 Å². The number of amides is 1. The van der Waals surface area contributed by atoms with Crippen LogP contribution in [0.1, 0.15) is 15.9 Å². The van der Waals surface area contributed by atoms with Crippen molar-refractivity contribution < 1.29 is 14.3 Å². The second kappa shape index (κ2) is 6.19. The summed E-state index contributed by atoms with van der Waals surface area (Å²) in [6, 6.07) is 1.77. The maximum absolute atomic E-state index is 11.7. The Labute approximate surface area is 94.8 Å². The summed E-state index contributed by atoms with van der Waals surface area (Å²) in [7, 11) is 3.04. The molecule has 0 spiro atoms. The van der Waals surface area contributed by atoms with Gasteiger partial charge in [-0.2, -0.15) is 0 Å². The normalized spacial score (nSPS) is 10.5. The number of pyridine rings is 1. The molecular weight excluding hydrogens is 208 g/mol. The molecular formula is C11H16N2O3. The molecule has 0 fully saturated rings. The fraction of sp³-hybridized carbons (Fsp3) is 0.455. The molecule has 0 aromatic carbocycles. The van der Waals surface area contributed by atoms with Crippen LogP contribution in [0.3, 0.4) is 0 Å². The number of ether oxygens (including phenoxy) is 2. The minimum atomic E-state index is -0.429. The Balaban J connectivity index is 2.52. The average molecular weight is 224 g/mol. The van der Waals surface area contributed by atoms with Gasteiger partial charge in [0.15, 0.2) is 6.29 Å². The molecule has 0 aliphatic rings. The summed E-state index contributed by atoms with van der Waals surface area (Å²) in [4.78, 5) is 15.6. The van der Waals surface area contributed by atoms with Crippen molar-refractivity contribution >= 4 is 5.91 Å². The molecule has 5 nitrogen and oxygen atoms in total. The zero-order chi connectivity index (χ0) is 12.0. The number of nitrogens with one attached hydrogen (secondary N) is 1. The lowest BCUT2D eigenvalue weighted by Gasteiger charge is -2.13. The van der Waals surface area contributed by atoms with Crippen LogP contribution in [0.2, 0.25) is 0 Å². The number of carbonyl (C=O) groups is 1. The number of aromatic nitrogens is 1. The molecule has 1 heterocycles. The van der Waals surface area contributed by atoms with E-state index in [1.54, 1.807) is 12.3 Å². The quantitative estimate of drug-likeness (QED) is 0.749. The Kier molecular flexibility index (Phi) is 4.88.